The van der Waals surface area contributed by atoms with Gasteiger partial charge >= 0.3 is 0 Å². The minimum atomic E-state index is -0.332. The second-order valence-corrected chi connectivity index (χ2v) is 8.13. The largest absolute Gasteiger partial charge is 0.369 e. The van der Waals surface area contributed by atoms with Gasteiger partial charge in [0.2, 0.25) is 0 Å². The molecular weight excluding hydrogens is 387 g/mol. The first-order valence-corrected chi connectivity index (χ1v) is 10.5. The summed E-state index contributed by atoms with van der Waals surface area (Å²) in [5.74, 6) is -0.607. The minimum Gasteiger partial charge on any atom is -0.369 e. The van der Waals surface area contributed by atoms with E-state index in [2.05, 4.69) is 51.3 Å². The average molecular weight is 411 g/mol. The molecule has 0 atom stereocenters. The van der Waals surface area contributed by atoms with Gasteiger partial charge in [-0.05, 0) is 43.3 Å². The van der Waals surface area contributed by atoms with Gasteiger partial charge < -0.3 is 10.2 Å². The van der Waals surface area contributed by atoms with Crippen LogP contribution in [-0.2, 0) is 6.54 Å². The van der Waals surface area contributed by atoms with E-state index in [0.717, 1.165) is 37.7 Å². The number of hydrogen-bond acceptors (Lipinski definition) is 5. The van der Waals surface area contributed by atoms with Crippen molar-refractivity contribution in [3.05, 3.63) is 76.0 Å². The van der Waals surface area contributed by atoms with Crippen molar-refractivity contribution in [2.24, 2.45) is 0 Å². The highest BCUT2D eigenvalue weighted by Gasteiger charge is 2.19. The maximum Gasteiger partial charge on any atom is 0.275 e. The fraction of sp³-hybridized carbons (Fsp3) is 0.273. The number of aromatic nitrogens is 1. The molecule has 1 fully saturated rings. The quantitative estimate of drug-likeness (QED) is 0.686. The van der Waals surface area contributed by atoms with Gasteiger partial charge in [-0.1, -0.05) is 17.7 Å². The number of carbonyl (C=O) groups is 1. The second-order valence-electron chi connectivity index (χ2n) is 7.19. The summed E-state index contributed by atoms with van der Waals surface area (Å²) < 4.78 is 13.0. The first kappa shape index (κ1) is 19.5. The van der Waals surface area contributed by atoms with Crippen LogP contribution in [0.4, 0.5) is 15.8 Å². The van der Waals surface area contributed by atoms with Crippen molar-refractivity contribution in [3.63, 3.8) is 0 Å². The number of amides is 1. The minimum absolute atomic E-state index is 0.275. The van der Waals surface area contributed by atoms with Crippen LogP contribution in [0.3, 0.4) is 0 Å². The van der Waals surface area contributed by atoms with Crippen LogP contribution >= 0.6 is 11.3 Å². The number of aryl methyl sites for hydroxylation is 1. The standard InChI is InChI=1S/C22H23FN4OS/c1-16-2-8-19(9-3-16)27-12-10-26(11-13-27)14-21-25-20(15-29-21)22(28)24-18-6-4-17(23)5-7-18/h2-9,15H,10-14H2,1H3,(H,24,28). The van der Waals surface area contributed by atoms with Gasteiger partial charge in [0.25, 0.3) is 5.91 Å². The number of nitrogens with one attached hydrogen (secondary N) is 1. The number of carbonyl (C=O) groups excluding carboxylic acids is 1. The Labute approximate surface area is 173 Å². The third-order valence-corrected chi connectivity index (χ3v) is 5.85. The molecule has 1 saturated heterocycles. The van der Waals surface area contributed by atoms with Gasteiger partial charge in [-0.3, -0.25) is 9.69 Å². The Morgan fingerprint density at radius 2 is 1.76 bits per heavy atom. The van der Waals surface area contributed by atoms with Crippen LogP contribution in [0.1, 0.15) is 21.1 Å². The lowest BCUT2D eigenvalue weighted by molar-refractivity contribution is 0.102. The summed E-state index contributed by atoms with van der Waals surface area (Å²) in [7, 11) is 0. The SMILES string of the molecule is Cc1ccc(N2CCN(Cc3nc(C(=O)Nc4ccc(F)cc4)cs3)CC2)cc1. The molecule has 1 aliphatic rings. The lowest BCUT2D eigenvalue weighted by Crippen LogP contribution is -2.45. The van der Waals surface area contributed by atoms with E-state index in [1.165, 1.54) is 46.9 Å². The fourth-order valence-electron chi connectivity index (χ4n) is 3.33. The zero-order chi connectivity index (χ0) is 20.2. The maximum atomic E-state index is 13.0. The van der Waals surface area contributed by atoms with Crippen LogP contribution in [0.2, 0.25) is 0 Å². The molecule has 29 heavy (non-hydrogen) atoms. The molecule has 0 bridgehead atoms. The van der Waals surface area contributed by atoms with Crippen LogP contribution in [-0.4, -0.2) is 42.0 Å². The van der Waals surface area contributed by atoms with Crippen LogP contribution in [0.15, 0.2) is 53.9 Å². The number of hydrogen-bond donors (Lipinski definition) is 1. The van der Waals surface area contributed by atoms with Crippen molar-refractivity contribution >= 4 is 28.6 Å². The maximum absolute atomic E-state index is 13.0. The highest BCUT2D eigenvalue weighted by atomic mass is 32.1. The van der Waals surface area contributed by atoms with Crippen molar-refractivity contribution in [2.75, 3.05) is 36.4 Å². The summed E-state index contributed by atoms with van der Waals surface area (Å²) in [6.45, 7) is 6.73. The molecule has 1 amide bonds. The number of benzene rings is 2. The van der Waals surface area contributed by atoms with Crippen molar-refractivity contribution in [1.29, 1.82) is 0 Å². The predicted octanol–water partition coefficient (Wildman–Crippen LogP) is 4.17. The van der Waals surface area contributed by atoms with E-state index in [4.69, 9.17) is 0 Å². The van der Waals surface area contributed by atoms with E-state index in [1.54, 1.807) is 5.38 Å². The van der Waals surface area contributed by atoms with Crippen molar-refractivity contribution in [2.45, 2.75) is 13.5 Å². The zero-order valence-corrected chi connectivity index (χ0v) is 17.1. The molecule has 0 unspecified atom stereocenters. The highest BCUT2D eigenvalue weighted by Crippen LogP contribution is 2.19. The molecule has 1 aromatic heterocycles. The van der Waals surface area contributed by atoms with Crippen molar-refractivity contribution in [1.82, 2.24) is 9.88 Å². The molecule has 7 heteroatoms. The predicted molar refractivity (Wildman–Crippen MR) is 115 cm³/mol. The van der Waals surface area contributed by atoms with Gasteiger partial charge in [0.1, 0.15) is 16.5 Å². The zero-order valence-electron chi connectivity index (χ0n) is 16.3. The number of rotatable bonds is 5. The Morgan fingerprint density at radius 1 is 1.07 bits per heavy atom. The van der Waals surface area contributed by atoms with Gasteiger partial charge in [-0.2, -0.15) is 0 Å². The summed E-state index contributed by atoms with van der Waals surface area (Å²) >= 11 is 1.50. The van der Waals surface area contributed by atoms with Crippen molar-refractivity contribution in [3.8, 4) is 0 Å². The molecule has 3 aromatic rings. The Balaban J connectivity index is 1.29. The van der Waals surface area contributed by atoms with E-state index < -0.39 is 0 Å². The second kappa shape index (κ2) is 8.71. The van der Waals surface area contributed by atoms with Gasteiger partial charge in [-0.15, -0.1) is 11.3 Å². The number of anilines is 2. The van der Waals surface area contributed by atoms with Gasteiger partial charge in [-0.25, -0.2) is 9.37 Å². The average Bonchev–Trinajstić information content (AvgIpc) is 3.20. The molecule has 0 saturated carbocycles. The first-order chi connectivity index (χ1) is 14.1. The number of nitrogens with zero attached hydrogens (tertiary/aromatic N) is 3. The number of halogens is 1. The monoisotopic (exact) mass is 410 g/mol. The summed E-state index contributed by atoms with van der Waals surface area (Å²) in [4.78, 5) is 21.6. The molecule has 4 rings (SSSR count). The smallest absolute Gasteiger partial charge is 0.275 e. The van der Waals surface area contributed by atoms with Crippen molar-refractivity contribution < 1.29 is 9.18 Å². The molecule has 1 N–H and O–H groups in total. The van der Waals surface area contributed by atoms with Crippen LogP contribution in [0.25, 0.3) is 0 Å². The Kier molecular flexibility index (Phi) is 5.87. The van der Waals surface area contributed by atoms with E-state index in [9.17, 15) is 9.18 Å². The summed E-state index contributed by atoms with van der Waals surface area (Å²) in [5.41, 5.74) is 3.49. The Morgan fingerprint density at radius 3 is 2.45 bits per heavy atom. The fourth-order valence-corrected chi connectivity index (χ4v) is 4.14. The third kappa shape index (κ3) is 4.99. The van der Waals surface area contributed by atoms with Gasteiger partial charge in [0.15, 0.2) is 0 Å². The van der Waals surface area contributed by atoms with E-state index in [1.807, 2.05) is 0 Å². The number of thiazole rings is 1. The van der Waals surface area contributed by atoms with E-state index >= 15 is 0 Å². The lowest BCUT2D eigenvalue weighted by atomic mass is 10.2. The Hall–Kier alpha value is -2.77. The van der Waals surface area contributed by atoms with E-state index in [-0.39, 0.29) is 11.7 Å². The van der Waals surface area contributed by atoms with Crippen LogP contribution in [0, 0.1) is 12.7 Å². The van der Waals surface area contributed by atoms with E-state index in [0.29, 0.717) is 11.4 Å². The molecule has 1 aliphatic heterocycles. The van der Waals surface area contributed by atoms with Crippen LogP contribution < -0.4 is 10.2 Å². The first-order valence-electron chi connectivity index (χ1n) is 9.62. The highest BCUT2D eigenvalue weighted by molar-refractivity contribution is 7.09. The number of piperazine rings is 1. The molecular formula is C22H23FN4OS. The molecule has 0 radical (unpaired) electrons. The topological polar surface area (TPSA) is 48.5 Å². The molecule has 2 heterocycles. The molecule has 0 spiro atoms. The Bertz CT molecular complexity index is 963. The molecule has 5 nitrogen and oxygen atoms in total. The lowest BCUT2D eigenvalue weighted by Gasteiger charge is -2.35. The molecule has 0 aliphatic carbocycles. The normalized spacial score (nSPS) is 14.8. The van der Waals surface area contributed by atoms with Gasteiger partial charge in [0.05, 0.1) is 6.54 Å². The summed E-state index contributed by atoms with van der Waals surface area (Å²) in [5, 5.41) is 5.45. The molecule has 2 aromatic carbocycles. The van der Waals surface area contributed by atoms with Gasteiger partial charge in [0, 0.05) is 42.9 Å². The summed E-state index contributed by atoms with van der Waals surface area (Å²) in [6.07, 6.45) is 0. The molecule has 150 valence electrons. The van der Waals surface area contributed by atoms with Crippen LogP contribution in [0.5, 0.6) is 0 Å². The summed E-state index contributed by atoms with van der Waals surface area (Å²) in [6, 6.07) is 14.4. The third-order valence-electron chi connectivity index (χ3n) is 5.02.